The van der Waals surface area contributed by atoms with Gasteiger partial charge in [-0.15, -0.1) is 0 Å². The normalized spacial score (nSPS) is 10.6. The first-order valence-corrected chi connectivity index (χ1v) is 5.79. The van der Waals surface area contributed by atoms with Crippen LogP contribution in [-0.4, -0.2) is 29.5 Å². The van der Waals surface area contributed by atoms with E-state index in [0.717, 1.165) is 5.52 Å². The summed E-state index contributed by atoms with van der Waals surface area (Å²) in [5.41, 5.74) is 1.47. The third kappa shape index (κ3) is 2.14. The molecule has 0 spiro atoms. The second-order valence-corrected chi connectivity index (χ2v) is 4.57. The fourth-order valence-electron chi connectivity index (χ4n) is 1.91. The number of pyridine rings is 1. The molecule has 0 saturated carbocycles. The molecule has 0 saturated heterocycles. The van der Waals surface area contributed by atoms with Gasteiger partial charge in [-0.05, 0) is 19.1 Å². The number of fused-ring (bicyclic) bond motifs is 1. The fraction of sp³-hybridized carbons (Fsp3) is 0.286. The summed E-state index contributed by atoms with van der Waals surface area (Å²) < 4.78 is 1.83. The zero-order valence-corrected chi connectivity index (χ0v) is 10.8. The van der Waals surface area contributed by atoms with Crippen LogP contribution in [0.4, 0.5) is 0 Å². The Morgan fingerprint density at radius 2 is 1.94 bits per heavy atom. The van der Waals surface area contributed by atoms with Crippen LogP contribution >= 0.6 is 0 Å². The molecule has 0 radical (unpaired) electrons. The van der Waals surface area contributed by atoms with Crippen molar-refractivity contribution in [3.05, 3.63) is 46.2 Å². The molecule has 1 amide bonds. The number of rotatable bonds is 2. The Bertz CT molecular complexity index is 656. The molecule has 2 aromatic rings. The maximum atomic E-state index is 12.0. The van der Waals surface area contributed by atoms with Gasteiger partial charge in [0.25, 0.3) is 0 Å². The molecule has 0 atom stereocenters. The van der Waals surface area contributed by atoms with E-state index in [2.05, 4.69) is 0 Å². The molecule has 0 N–H and O–H groups in total. The Morgan fingerprint density at radius 1 is 1.28 bits per heavy atom. The van der Waals surface area contributed by atoms with Gasteiger partial charge in [0.2, 0.25) is 5.91 Å². The first kappa shape index (κ1) is 12.4. The number of carbonyl (C=O) groups excluding carboxylic acids is 1. The van der Waals surface area contributed by atoms with Gasteiger partial charge in [0.1, 0.15) is 6.54 Å². The van der Waals surface area contributed by atoms with Crippen LogP contribution in [0.2, 0.25) is 0 Å². The number of hydrogen-bond acceptors (Lipinski definition) is 2. The predicted molar refractivity (Wildman–Crippen MR) is 71.6 cm³/mol. The van der Waals surface area contributed by atoms with Crippen LogP contribution in [0.1, 0.15) is 5.56 Å². The lowest BCUT2D eigenvalue weighted by Gasteiger charge is -2.15. The summed E-state index contributed by atoms with van der Waals surface area (Å²) in [7, 11) is 3.44. The summed E-state index contributed by atoms with van der Waals surface area (Å²) in [6.07, 6.45) is 1.74. The number of aromatic nitrogens is 1. The number of para-hydroxylation sites is 1. The zero-order chi connectivity index (χ0) is 13.3. The van der Waals surface area contributed by atoms with Crippen LogP contribution in [0, 0.1) is 6.92 Å². The van der Waals surface area contributed by atoms with Gasteiger partial charge in [-0.2, -0.15) is 0 Å². The van der Waals surface area contributed by atoms with Crippen molar-refractivity contribution < 1.29 is 4.79 Å². The maximum Gasteiger partial charge on any atom is 0.241 e. The van der Waals surface area contributed by atoms with Gasteiger partial charge in [0.05, 0.1) is 5.52 Å². The molecule has 0 aliphatic rings. The Kier molecular flexibility index (Phi) is 3.19. The molecule has 0 aliphatic heterocycles. The molecule has 1 heterocycles. The van der Waals surface area contributed by atoms with Gasteiger partial charge in [0, 0.05) is 31.2 Å². The summed E-state index contributed by atoms with van der Waals surface area (Å²) in [5, 5.41) is 0.657. The van der Waals surface area contributed by atoms with E-state index in [-0.39, 0.29) is 17.9 Å². The van der Waals surface area contributed by atoms with E-state index < -0.39 is 0 Å². The maximum absolute atomic E-state index is 12.0. The van der Waals surface area contributed by atoms with Gasteiger partial charge in [-0.1, -0.05) is 12.1 Å². The summed E-state index contributed by atoms with van der Waals surface area (Å²) in [5.74, 6) is 0.00296. The van der Waals surface area contributed by atoms with E-state index in [4.69, 9.17) is 0 Å². The smallest absolute Gasteiger partial charge is 0.241 e. The number of amides is 1. The van der Waals surface area contributed by atoms with Crippen molar-refractivity contribution in [1.29, 1.82) is 0 Å². The Balaban J connectivity index is 2.61. The number of nitrogens with zero attached hydrogens (tertiary/aromatic N) is 2. The van der Waals surface area contributed by atoms with E-state index in [9.17, 15) is 9.59 Å². The molecular formula is C14H16N2O2. The molecule has 0 aliphatic carbocycles. The molecule has 94 valence electrons. The van der Waals surface area contributed by atoms with Crippen LogP contribution in [-0.2, 0) is 11.3 Å². The largest absolute Gasteiger partial charge is 0.347 e. The van der Waals surface area contributed by atoms with Crippen LogP contribution in [0.5, 0.6) is 0 Å². The Morgan fingerprint density at radius 3 is 2.61 bits per heavy atom. The standard InChI is InChI=1S/C14H16N2O2/c1-10-8-16(9-13(17)15(2)3)12-7-5-4-6-11(12)14(10)18/h4-8H,9H2,1-3H3. The van der Waals surface area contributed by atoms with Crippen molar-refractivity contribution in [2.45, 2.75) is 13.5 Å². The van der Waals surface area contributed by atoms with E-state index >= 15 is 0 Å². The molecule has 0 unspecified atom stereocenters. The second kappa shape index (κ2) is 4.64. The predicted octanol–water partition coefficient (Wildman–Crippen LogP) is 1.40. The van der Waals surface area contributed by atoms with Crippen molar-refractivity contribution in [1.82, 2.24) is 9.47 Å². The SMILES string of the molecule is Cc1cn(CC(=O)N(C)C)c2ccccc2c1=O. The van der Waals surface area contributed by atoms with Crippen molar-refractivity contribution in [2.24, 2.45) is 0 Å². The van der Waals surface area contributed by atoms with Gasteiger partial charge in [-0.3, -0.25) is 9.59 Å². The van der Waals surface area contributed by atoms with Crippen molar-refractivity contribution in [3.63, 3.8) is 0 Å². The minimum atomic E-state index is 0.00296. The molecule has 18 heavy (non-hydrogen) atoms. The van der Waals surface area contributed by atoms with Crippen LogP contribution in [0.25, 0.3) is 10.9 Å². The number of hydrogen-bond donors (Lipinski definition) is 0. The summed E-state index contributed by atoms with van der Waals surface area (Å²) in [4.78, 5) is 25.3. The summed E-state index contributed by atoms with van der Waals surface area (Å²) >= 11 is 0. The number of aryl methyl sites for hydroxylation is 1. The number of benzene rings is 1. The second-order valence-electron chi connectivity index (χ2n) is 4.57. The molecule has 1 aromatic heterocycles. The third-order valence-corrected chi connectivity index (χ3v) is 2.97. The minimum Gasteiger partial charge on any atom is -0.347 e. The van der Waals surface area contributed by atoms with Crippen molar-refractivity contribution >= 4 is 16.8 Å². The average Bonchev–Trinajstić information content (AvgIpc) is 2.35. The highest BCUT2D eigenvalue weighted by molar-refractivity contribution is 5.82. The first-order chi connectivity index (χ1) is 8.50. The average molecular weight is 244 g/mol. The van der Waals surface area contributed by atoms with Gasteiger partial charge in [0.15, 0.2) is 5.43 Å². The van der Waals surface area contributed by atoms with Gasteiger partial charge < -0.3 is 9.47 Å². The Hall–Kier alpha value is -2.10. The van der Waals surface area contributed by atoms with Gasteiger partial charge >= 0.3 is 0 Å². The zero-order valence-electron chi connectivity index (χ0n) is 10.8. The highest BCUT2D eigenvalue weighted by Gasteiger charge is 2.09. The lowest BCUT2D eigenvalue weighted by molar-refractivity contribution is -0.129. The first-order valence-electron chi connectivity index (χ1n) is 5.79. The molecule has 4 heteroatoms. The quantitative estimate of drug-likeness (QED) is 0.801. The molecule has 4 nitrogen and oxygen atoms in total. The van der Waals surface area contributed by atoms with E-state index in [1.165, 1.54) is 0 Å². The molecule has 2 rings (SSSR count). The minimum absolute atomic E-state index is 0.00296. The van der Waals surface area contributed by atoms with Crippen LogP contribution in [0.3, 0.4) is 0 Å². The number of likely N-dealkylation sites (N-methyl/N-ethyl adjacent to an activating group) is 1. The monoisotopic (exact) mass is 244 g/mol. The summed E-state index contributed by atoms with van der Waals surface area (Å²) in [6, 6.07) is 7.36. The van der Waals surface area contributed by atoms with Crippen molar-refractivity contribution in [3.8, 4) is 0 Å². The lowest BCUT2D eigenvalue weighted by atomic mass is 10.1. The molecule has 0 bridgehead atoms. The fourth-order valence-corrected chi connectivity index (χ4v) is 1.91. The van der Waals surface area contributed by atoms with E-state index in [0.29, 0.717) is 10.9 Å². The highest BCUT2D eigenvalue weighted by Crippen LogP contribution is 2.11. The van der Waals surface area contributed by atoms with E-state index in [1.807, 2.05) is 22.8 Å². The Labute approximate surface area is 105 Å². The highest BCUT2D eigenvalue weighted by atomic mass is 16.2. The molecule has 1 aromatic carbocycles. The lowest BCUT2D eigenvalue weighted by Crippen LogP contribution is -2.27. The molecular weight excluding hydrogens is 228 g/mol. The van der Waals surface area contributed by atoms with Gasteiger partial charge in [-0.25, -0.2) is 0 Å². The van der Waals surface area contributed by atoms with Crippen LogP contribution < -0.4 is 5.43 Å². The van der Waals surface area contributed by atoms with E-state index in [1.54, 1.807) is 38.2 Å². The molecule has 0 fully saturated rings. The summed E-state index contributed by atoms with van der Waals surface area (Å²) in [6.45, 7) is 2.01. The third-order valence-electron chi connectivity index (χ3n) is 2.97. The van der Waals surface area contributed by atoms with Crippen LogP contribution in [0.15, 0.2) is 35.3 Å². The van der Waals surface area contributed by atoms with Crippen molar-refractivity contribution in [2.75, 3.05) is 14.1 Å². The number of carbonyl (C=O) groups is 1. The topological polar surface area (TPSA) is 42.3 Å².